The molecule has 5 nitrogen and oxygen atoms in total. The van der Waals surface area contributed by atoms with Gasteiger partial charge in [-0.3, -0.25) is 9.58 Å². The van der Waals surface area contributed by atoms with Crippen molar-refractivity contribution >= 4 is 28.1 Å². The third-order valence-corrected chi connectivity index (χ3v) is 5.31. The lowest BCUT2D eigenvalue weighted by atomic mass is 10.1. The monoisotopic (exact) mass is 325 g/mol. The van der Waals surface area contributed by atoms with E-state index in [4.69, 9.17) is 11.6 Å². The van der Waals surface area contributed by atoms with Gasteiger partial charge in [-0.1, -0.05) is 11.6 Å². The molecule has 21 heavy (non-hydrogen) atoms. The number of thiazole rings is 1. The first-order valence-electron chi connectivity index (χ1n) is 7.12. The number of rotatable bonds is 3. The normalized spacial score (nSPS) is 20.2. The highest BCUT2D eigenvalue weighted by Gasteiger charge is 2.26. The molecule has 0 bridgehead atoms. The number of aromatic nitrogens is 3. The summed E-state index contributed by atoms with van der Waals surface area (Å²) in [5, 5.41) is 8.30. The van der Waals surface area contributed by atoms with Crippen molar-refractivity contribution in [2.24, 2.45) is 7.05 Å². The Balaban J connectivity index is 1.67. The maximum atomic E-state index is 6.33. The molecule has 0 saturated carbocycles. The number of anilines is 1. The van der Waals surface area contributed by atoms with Crippen LogP contribution in [-0.4, -0.2) is 45.3 Å². The predicted molar refractivity (Wildman–Crippen MR) is 87.2 cm³/mol. The summed E-state index contributed by atoms with van der Waals surface area (Å²) in [6, 6.07) is 0.459. The molecule has 3 rings (SSSR count). The smallest absolute Gasteiger partial charge is 0.185 e. The summed E-state index contributed by atoms with van der Waals surface area (Å²) in [6.45, 7) is 8.20. The molecule has 0 unspecified atom stereocenters. The van der Waals surface area contributed by atoms with Crippen LogP contribution >= 0.6 is 22.9 Å². The molecule has 2 aromatic heterocycles. The zero-order valence-corrected chi connectivity index (χ0v) is 14.2. The van der Waals surface area contributed by atoms with Crippen molar-refractivity contribution in [1.82, 2.24) is 19.7 Å². The molecule has 0 amide bonds. The number of piperazine rings is 1. The Morgan fingerprint density at radius 1 is 1.43 bits per heavy atom. The molecule has 1 atom stereocenters. The zero-order valence-electron chi connectivity index (χ0n) is 12.6. The maximum absolute atomic E-state index is 6.33. The Morgan fingerprint density at radius 3 is 2.81 bits per heavy atom. The Morgan fingerprint density at radius 2 is 2.24 bits per heavy atom. The lowest BCUT2D eigenvalue weighted by Gasteiger charge is -2.39. The Hall–Kier alpha value is -1.11. The third-order valence-electron chi connectivity index (χ3n) is 4.03. The minimum absolute atomic E-state index is 0.459. The highest BCUT2D eigenvalue weighted by atomic mass is 35.5. The number of aryl methyl sites for hydroxylation is 2. The first-order valence-corrected chi connectivity index (χ1v) is 8.38. The number of hydrogen-bond donors (Lipinski definition) is 0. The fraction of sp³-hybridized carbons (Fsp3) is 0.571. The third kappa shape index (κ3) is 2.93. The van der Waals surface area contributed by atoms with Gasteiger partial charge in [-0.05, 0) is 13.8 Å². The molecule has 1 aliphatic rings. The lowest BCUT2D eigenvalue weighted by Crippen LogP contribution is -2.51. The SMILES string of the molecule is Cc1nn(C)c(Cl)c1CN1CCN(c2nccs2)[C@@H](C)C1. The first kappa shape index (κ1) is 14.8. The van der Waals surface area contributed by atoms with E-state index in [0.717, 1.165) is 47.7 Å². The number of hydrogen-bond acceptors (Lipinski definition) is 5. The van der Waals surface area contributed by atoms with E-state index in [-0.39, 0.29) is 0 Å². The molecule has 2 aromatic rings. The van der Waals surface area contributed by atoms with Crippen LogP contribution in [0, 0.1) is 6.92 Å². The fourth-order valence-electron chi connectivity index (χ4n) is 2.90. The van der Waals surface area contributed by atoms with E-state index < -0.39 is 0 Å². The zero-order chi connectivity index (χ0) is 15.0. The second-order valence-electron chi connectivity index (χ2n) is 5.57. The highest BCUT2D eigenvalue weighted by molar-refractivity contribution is 7.13. The second-order valence-corrected chi connectivity index (χ2v) is 6.80. The van der Waals surface area contributed by atoms with E-state index in [1.807, 2.05) is 25.5 Å². The molecule has 114 valence electrons. The van der Waals surface area contributed by atoms with Crippen LogP contribution in [0.15, 0.2) is 11.6 Å². The molecule has 1 saturated heterocycles. The van der Waals surface area contributed by atoms with E-state index in [2.05, 4.69) is 26.8 Å². The Labute approximate surface area is 134 Å². The van der Waals surface area contributed by atoms with Crippen LogP contribution < -0.4 is 4.90 Å². The quantitative estimate of drug-likeness (QED) is 0.869. The van der Waals surface area contributed by atoms with Gasteiger partial charge < -0.3 is 4.90 Å². The van der Waals surface area contributed by atoms with Crippen molar-refractivity contribution in [2.45, 2.75) is 26.4 Å². The van der Waals surface area contributed by atoms with Gasteiger partial charge >= 0.3 is 0 Å². The van der Waals surface area contributed by atoms with Crippen LogP contribution in [0.25, 0.3) is 0 Å². The number of halogens is 1. The summed E-state index contributed by atoms with van der Waals surface area (Å²) in [6.07, 6.45) is 1.87. The molecular formula is C14H20ClN5S. The van der Waals surface area contributed by atoms with Crippen LogP contribution in [0.4, 0.5) is 5.13 Å². The van der Waals surface area contributed by atoms with Crippen molar-refractivity contribution in [2.75, 3.05) is 24.5 Å². The van der Waals surface area contributed by atoms with Crippen LogP contribution in [0.1, 0.15) is 18.2 Å². The minimum Gasteiger partial charge on any atom is -0.343 e. The van der Waals surface area contributed by atoms with Crippen molar-refractivity contribution < 1.29 is 0 Å². The van der Waals surface area contributed by atoms with E-state index in [0.29, 0.717) is 6.04 Å². The topological polar surface area (TPSA) is 37.2 Å². The molecule has 1 aliphatic heterocycles. The van der Waals surface area contributed by atoms with Crippen LogP contribution in [0.3, 0.4) is 0 Å². The van der Waals surface area contributed by atoms with Gasteiger partial charge in [0.25, 0.3) is 0 Å². The summed E-state index contributed by atoms with van der Waals surface area (Å²) >= 11 is 8.04. The summed E-state index contributed by atoms with van der Waals surface area (Å²) in [7, 11) is 1.89. The Kier molecular flexibility index (Phi) is 4.19. The van der Waals surface area contributed by atoms with Gasteiger partial charge in [0.1, 0.15) is 5.15 Å². The fourth-order valence-corrected chi connectivity index (χ4v) is 3.90. The molecule has 7 heteroatoms. The summed E-state index contributed by atoms with van der Waals surface area (Å²) < 4.78 is 1.75. The van der Waals surface area contributed by atoms with Crippen LogP contribution in [-0.2, 0) is 13.6 Å². The largest absolute Gasteiger partial charge is 0.343 e. The maximum Gasteiger partial charge on any atom is 0.185 e. The molecule has 0 aliphatic carbocycles. The van der Waals surface area contributed by atoms with Gasteiger partial charge in [-0.2, -0.15) is 5.10 Å². The summed E-state index contributed by atoms with van der Waals surface area (Å²) in [5.41, 5.74) is 2.17. The van der Waals surface area contributed by atoms with Crippen LogP contribution in [0.5, 0.6) is 0 Å². The summed E-state index contributed by atoms with van der Waals surface area (Å²) in [4.78, 5) is 9.26. The van der Waals surface area contributed by atoms with E-state index in [1.54, 1.807) is 16.0 Å². The first-order chi connectivity index (χ1) is 10.1. The highest BCUT2D eigenvalue weighted by Crippen LogP contribution is 2.25. The van der Waals surface area contributed by atoms with Crippen molar-refractivity contribution in [3.8, 4) is 0 Å². The van der Waals surface area contributed by atoms with E-state index >= 15 is 0 Å². The van der Waals surface area contributed by atoms with E-state index in [1.165, 1.54) is 0 Å². The Bertz CT molecular complexity index is 609. The van der Waals surface area contributed by atoms with Gasteiger partial charge in [0, 0.05) is 56.4 Å². The molecule has 0 aromatic carbocycles. The van der Waals surface area contributed by atoms with Crippen molar-refractivity contribution in [1.29, 1.82) is 0 Å². The standard InChI is InChI=1S/C14H20ClN5S/c1-10-8-19(5-6-20(10)14-16-4-7-21-14)9-12-11(2)17-18(3)13(12)15/h4,7,10H,5-6,8-9H2,1-3H3/t10-/m0/s1. The molecule has 1 fully saturated rings. The number of nitrogens with zero attached hydrogens (tertiary/aromatic N) is 5. The van der Waals surface area contributed by atoms with Gasteiger partial charge in [-0.25, -0.2) is 4.98 Å². The average Bonchev–Trinajstić information content (AvgIpc) is 3.04. The average molecular weight is 326 g/mol. The van der Waals surface area contributed by atoms with Gasteiger partial charge in [-0.15, -0.1) is 11.3 Å². The van der Waals surface area contributed by atoms with Crippen molar-refractivity contribution in [3.05, 3.63) is 28.0 Å². The summed E-state index contributed by atoms with van der Waals surface area (Å²) in [5.74, 6) is 0. The van der Waals surface area contributed by atoms with Gasteiger partial charge in [0.2, 0.25) is 0 Å². The molecule has 0 radical (unpaired) electrons. The minimum atomic E-state index is 0.459. The van der Waals surface area contributed by atoms with E-state index in [9.17, 15) is 0 Å². The second kappa shape index (κ2) is 5.94. The van der Waals surface area contributed by atoms with Crippen molar-refractivity contribution in [3.63, 3.8) is 0 Å². The molecular weight excluding hydrogens is 306 g/mol. The molecule has 0 spiro atoms. The van der Waals surface area contributed by atoms with Gasteiger partial charge in [0.15, 0.2) is 5.13 Å². The predicted octanol–water partition coefficient (Wildman–Crippen LogP) is 2.55. The van der Waals surface area contributed by atoms with Gasteiger partial charge in [0.05, 0.1) is 5.69 Å². The lowest BCUT2D eigenvalue weighted by molar-refractivity contribution is 0.220. The molecule has 0 N–H and O–H groups in total. The van der Waals surface area contributed by atoms with Crippen LogP contribution in [0.2, 0.25) is 5.15 Å². The molecule has 3 heterocycles.